The highest BCUT2D eigenvalue weighted by Crippen LogP contribution is 2.07. The average molecular weight is 577 g/mol. The highest BCUT2D eigenvalue weighted by molar-refractivity contribution is 6.00. The molecule has 0 bridgehead atoms. The molecular formula is C30H36N6O6. The van der Waals surface area contributed by atoms with Gasteiger partial charge >= 0.3 is 6.09 Å². The quantitative estimate of drug-likeness (QED) is 0.238. The maximum absolute atomic E-state index is 13.5. The van der Waals surface area contributed by atoms with Gasteiger partial charge in [0, 0.05) is 50.8 Å². The Morgan fingerprint density at radius 1 is 0.881 bits per heavy atom. The molecule has 1 aromatic heterocycles. The number of imidazole rings is 1. The number of alkyl carbamates (subject to hydrolysis) is 1. The fourth-order valence-electron chi connectivity index (χ4n) is 4.44. The fourth-order valence-corrected chi connectivity index (χ4v) is 4.44. The molecule has 4 amide bonds. The number of carbonyl (C=O) groups excluding carboxylic acids is 4. The maximum atomic E-state index is 13.5. The Balaban J connectivity index is 1.40. The number of nitrogens with zero attached hydrogens (tertiary/aromatic N) is 2. The van der Waals surface area contributed by atoms with E-state index in [2.05, 4.69) is 30.8 Å². The Labute approximate surface area is 244 Å². The zero-order valence-corrected chi connectivity index (χ0v) is 23.3. The summed E-state index contributed by atoms with van der Waals surface area (Å²) >= 11 is 0. The number of imide groups is 1. The number of hydrogen-bond donors (Lipinski definition) is 4. The van der Waals surface area contributed by atoms with Crippen molar-refractivity contribution in [3.05, 3.63) is 90.0 Å². The molecule has 2 heterocycles. The van der Waals surface area contributed by atoms with Gasteiger partial charge in [0.1, 0.15) is 18.7 Å². The van der Waals surface area contributed by atoms with Crippen molar-refractivity contribution in [3.8, 4) is 0 Å². The molecule has 0 radical (unpaired) electrons. The lowest BCUT2D eigenvalue weighted by Crippen LogP contribution is -2.56. The first-order chi connectivity index (χ1) is 20.5. The zero-order chi connectivity index (χ0) is 29.6. The molecule has 1 aliphatic rings. The average Bonchev–Trinajstić information content (AvgIpc) is 3.53. The van der Waals surface area contributed by atoms with Crippen molar-refractivity contribution in [2.45, 2.75) is 38.0 Å². The second-order valence-electron chi connectivity index (χ2n) is 9.91. The van der Waals surface area contributed by atoms with E-state index in [1.165, 1.54) is 12.5 Å². The molecule has 12 heteroatoms. The van der Waals surface area contributed by atoms with E-state index in [-0.39, 0.29) is 25.9 Å². The third kappa shape index (κ3) is 10.1. The molecule has 1 fully saturated rings. The van der Waals surface area contributed by atoms with Crippen LogP contribution in [0.2, 0.25) is 0 Å². The largest absolute Gasteiger partial charge is 0.445 e. The first kappa shape index (κ1) is 30.4. The minimum atomic E-state index is -1.11. The number of H-pyrrole nitrogens is 1. The van der Waals surface area contributed by atoms with E-state index < -0.39 is 35.9 Å². The van der Waals surface area contributed by atoms with Crippen LogP contribution in [0.1, 0.15) is 23.2 Å². The van der Waals surface area contributed by atoms with Crippen LogP contribution in [0.3, 0.4) is 0 Å². The van der Waals surface area contributed by atoms with Gasteiger partial charge < -0.3 is 25.1 Å². The second kappa shape index (κ2) is 16.0. The smallest absolute Gasteiger partial charge is 0.408 e. The topological polar surface area (TPSA) is 155 Å². The second-order valence-corrected chi connectivity index (χ2v) is 9.91. The molecule has 1 saturated heterocycles. The Morgan fingerprint density at radius 3 is 2.21 bits per heavy atom. The molecule has 2 atom stereocenters. The van der Waals surface area contributed by atoms with Crippen LogP contribution in [-0.2, 0) is 43.3 Å². The van der Waals surface area contributed by atoms with Crippen molar-refractivity contribution in [1.82, 2.24) is 30.8 Å². The van der Waals surface area contributed by atoms with Gasteiger partial charge in [0.05, 0.1) is 19.5 Å². The minimum absolute atomic E-state index is 0.0315. The number of aromatic amines is 1. The van der Waals surface area contributed by atoms with Crippen molar-refractivity contribution in [2.75, 3.05) is 32.8 Å². The number of amides is 4. The molecule has 0 spiro atoms. The van der Waals surface area contributed by atoms with Crippen LogP contribution in [0.25, 0.3) is 0 Å². The molecule has 2 aromatic carbocycles. The lowest BCUT2D eigenvalue weighted by atomic mass is 10.0. The summed E-state index contributed by atoms with van der Waals surface area (Å²) in [6.45, 7) is 3.19. The summed E-state index contributed by atoms with van der Waals surface area (Å²) in [7, 11) is 0. The van der Waals surface area contributed by atoms with Gasteiger partial charge in [0.15, 0.2) is 0 Å². The monoisotopic (exact) mass is 576 g/mol. The number of nitrogens with one attached hydrogen (secondary N) is 4. The first-order valence-electron chi connectivity index (χ1n) is 13.9. The SMILES string of the molecule is O=C(CCN1CCOCC1)NC(=O)[C@H](Cc1cnc[nH]1)NC(=O)[C@H](Cc1ccccc1)NC(=O)OCc1ccccc1. The van der Waals surface area contributed by atoms with Crippen molar-refractivity contribution < 1.29 is 28.7 Å². The van der Waals surface area contributed by atoms with Crippen LogP contribution in [0.5, 0.6) is 0 Å². The summed E-state index contributed by atoms with van der Waals surface area (Å²) in [6, 6.07) is 16.2. The number of ether oxygens (including phenoxy) is 2. The summed E-state index contributed by atoms with van der Waals surface area (Å²) in [4.78, 5) is 61.0. The lowest BCUT2D eigenvalue weighted by Gasteiger charge is -2.26. The van der Waals surface area contributed by atoms with Crippen molar-refractivity contribution >= 4 is 23.8 Å². The van der Waals surface area contributed by atoms with E-state index in [1.54, 1.807) is 0 Å². The molecule has 3 aromatic rings. The zero-order valence-electron chi connectivity index (χ0n) is 23.3. The number of benzene rings is 2. The van der Waals surface area contributed by atoms with E-state index in [1.807, 2.05) is 60.7 Å². The summed E-state index contributed by atoms with van der Waals surface area (Å²) in [6.07, 6.45) is 2.56. The van der Waals surface area contributed by atoms with Crippen molar-refractivity contribution in [3.63, 3.8) is 0 Å². The highest BCUT2D eigenvalue weighted by atomic mass is 16.5. The van der Waals surface area contributed by atoms with Crippen molar-refractivity contribution in [1.29, 1.82) is 0 Å². The molecular weight excluding hydrogens is 540 g/mol. The van der Waals surface area contributed by atoms with Crippen molar-refractivity contribution in [2.24, 2.45) is 0 Å². The third-order valence-electron chi connectivity index (χ3n) is 6.74. The molecule has 12 nitrogen and oxygen atoms in total. The molecule has 0 aliphatic carbocycles. The van der Waals surface area contributed by atoms with E-state index in [0.29, 0.717) is 25.5 Å². The van der Waals surface area contributed by atoms with Gasteiger partial charge in [-0.3, -0.25) is 24.6 Å². The molecule has 42 heavy (non-hydrogen) atoms. The molecule has 0 unspecified atom stereocenters. The number of hydrogen-bond acceptors (Lipinski definition) is 8. The summed E-state index contributed by atoms with van der Waals surface area (Å²) < 4.78 is 10.7. The van der Waals surface area contributed by atoms with Crippen LogP contribution in [0, 0.1) is 0 Å². The van der Waals surface area contributed by atoms with Gasteiger partial charge in [0.2, 0.25) is 17.7 Å². The molecule has 4 rings (SSSR count). The summed E-state index contributed by atoms with van der Waals surface area (Å²) in [5.74, 6) is -1.70. The van der Waals surface area contributed by atoms with Gasteiger partial charge in [-0.15, -0.1) is 0 Å². The minimum Gasteiger partial charge on any atom is -0.445 e. The van der Waals surface area contributed by atoms with Gasteiger partial charge in [-0.2, -0.15) is 0 Å². The molecule has 1 aliphatic heterocycles. The highest BCUT2D eigenvalue weighted by Gasteiger charge is 2.29. The van der Waals surface area contributed by atoms with Crippen LogP contribution in [0.15, 0.2) is 73.2 Å². The summed E-state index contributed by atoms with van der Waals surface area (Å²) in [5.41, 5.74) is 2.19. The van der Waals surface area contributed by atoms with Gasteiger partial charge in [-0.25, -0.2) is 9.78 Å². The Bertz CT molecular complexity index is 1280. The van der Waals surface area contributed by atoms with Gasteiger partial charge in [-0.1, -0.05) is 60.7 Å². The van der Waals surface area contributed by atoms with Crippen LogP contribution in [0.4, 0.5) is 4.79 Å². The predicted octanol–water partition coefficient (Wildman–Crippen LogP) is 1.34. The Kier molecular flexibility index (Phi) is 11.6. The third-order valence-corrected chi connectivity index (χ3v) is 6.74. The lowest BCUT2D eigenvalue weighted by molar-refractivity contribution is -0.134. The van der Waals surface area contributed by atoms with Crippen LogP contribution in [-0.4, -0.2) is 83.6 Å². The Hall–Kier alpha value is -4.55. The number of aromatic nitrogens is 2. The van der Waals surface area contributed by atoms with E-state index >= 15 is 0 Å². The predicted molar refractivity (Wildman–Crippen MR) is 153 cm³/mol. The fraction of sp³-hybridized carbons (Fsp3) is 0.367. The number of carbonyl (C=O) groups is 4. The van der Waals surface area contributed by atoms with Crippen LogP contribution < -0.4 is 16.0 Å². The van der Waals surface area contributed by atoms with Gasteiger partial charge in [-0.05, 0) is 11.1 Å². The van der Waals surface area contributed by atoms with Crippen LogP contribution >= 0.6 is 0 Å². The van der Waals surface area contributed by atoms with Gasteiger partial charge in [0.25, 0.3) is 0 Å². The Morgan fingerprint density at radius 2 is 1.55 bits per heavy atom. The standard InChI is InChI=1S/C30H36N6O6/c37-27(11-12-36-13-15-41-16-14-36)35-29(39)26(18-24-19-31-21-32-24)33-28(38)25(17-22-7-3-1-4-8-22)34-30(40)42-20-23-9-5-2-6-10-23/h1-10,19,21,25-26H,11-18,20H2,(H,31,32)(H,33,38)(H,34,40)(H,35,37,39)/t25-,26-/m0/s1. The number of rotatable bonds is 13. The molecule has 222 valence electrons. The summed E-state index contributed by atoms with van der Waals surface area (Å²) in [5, 5.41) is 7.75. The molecule has 4 N–H and O–H groups in total. The van der Waals surface area contributed by atoms with E-state index in [0.717, 1.165) is 24.2 Å². The number of morpholine rings is 1. The first-order valence-corrected chi connectivity index (χ1v) is 13.9. The normalized spacial score (nSPS) is 14.8. The molecule has 0 saturated carbocycles. The van der Waals surface area contributed by atoms with E-state index in [9.17, 15) is 19.2 Å². The van der Waals surface area contributed by atoms with E-state index in [4.69, 9.17) is 9.47 Å². The maximum Gasteiger partial charge on any atom is 0.408 e.